The first kappa shape index (κ1) is 27.0. The first-order valence-electron chi connectivity index (χ1n) is 10.9. The van der Waals surface area contributed by atoms with Gasteiger partial charge < -0.3 is 33.2 Å². The second-order valence-corrected chi connectivity index (χ2v) is 8.29. The van der Waals surface area contributed by atoms with Gasteiger partial charge in [0.1, 0.15) is 6.10 Å². The Balaban J connectivity index is 2.45. The van der Waals surface area contributed by atoms with E-state index in [1.165, 1.54) is 13.0 Å². The van der Waals surface area contributed by atoms with Gasteiger partial charge in [0.25, 0.3) is 5.60 Å². The van der Waals surface area contributed by atoms with Crippen LogP contribution in [0.3, 0.4) is 0 Å². The van der Waals surface area contributed by atoms with Crippen LogP contribution in [-0.2, 0) is 47.5 Å². The number of fused-ring (bicyclic) bond motifs is 1. The molecule has 10 nitrogen and oxygen atoms in total. The van der Waals surface area contributed by atoms with Crippen molar-refractivity contribution in [3.8, 4) is 0 Å². The van der Waals surface area contributed by atoms with Gasteiger partial charge in [-0.2, -0.15) is 0 Å². The molecule has 2 aliphatic heterocycles. The van der Waals surface area contributed by atoms with Crippen LogP contribution < -0.4 is 0 Å². The van der Waals surface area contributed by atoms with E-state index in [1.807, 2.05) is 0 Å². The van der Waals surface area contributed by atoms with Crippen LogP contribution in [0.15, 0.2) is 24.8 Å². The second kappa shape index (κ2) is 10.3. The van der Waals surface area contributed by atoms with Gasteiger partial charge in [0.15, 0.2) is 23.8 Å². The summed E-state index contributed by atoms with van der Waals surface area (Å²) in [6.45, 7) is 16.8. The zero-order chi connectivity index (χ0) is 25.0. The van der Waals surface area contributed by atoms with Gasteiger partial charge in [-0.3, -0.25) is 4.79 Å². The maximum absolute atomic E-state index is 12.8. The number of esters is 3. The van der Waals surface area contributed by atoms with Crippen LogP contribution in [0.2, 0.25) is 0 Å². The minimum atomic E-state index is -2.12. The van der Waals surface area contributed by atoms with Crippen LogP contribution in [-0.4, -0.2) is 73.2 Å². The smallest absolute Gasteiger partial charge is 0.350 e. The minimum absolute atomic E-state index is 0.0183. The van der Waals surface area contributed by atoms with E-state index in [2.05, 4.69) is 13.2 Å². The van der Waals surface area contributed by atoms with Crippen LogP contribution >= 0.6 is 0 Å². The molecular formula is C23H34O10. The van der Waals surface area contributed by atoms with Gasteiger partial charge in [-0.1, -0.05) is 12.7 Å². The molecule has 2 heterocycles. The fraction of sp³-hybridized carbons (Fsp3) is 0.696. The maximum Gasteiger partial charge on any atom is 0.350 e. The fourth-order valence-corrected chi connectivity index (χ4v) is 4.04. The lowest BCUT2D eigenvalue weighted by atomic mass is 9.85. The Morgan fingerprint density at radius 2 is 1.64 bits per heavy atom. The van der Waals surface area contributed by atoms with E-state index >= 15 is 0 Å². The lowest BCUT2D eigenvalue weighted by Gasteiger charge is -2.39. The largest absolute Gasteiger partial charge is 0.463 e. The van der Waals surface area contributed by atoms with E-state index in [4.69, 9.17) is 33.2 Å². The first-order chi connectivity index (χ1) is 15.4. The SMILES string of the molecule is C=CCC(OC[C@H]1O[C@@H]2OC(C)(C)O[C@@H]2[C@@]1(OC(C)=O)C(=C)C)(C(=O)OCC)C(=O)OCC. The summed E-state index contributed by atoms with van der Waals surface area (Å²) in [4.78, 5) is 37.8. The van der Waals surface area contributed by atoms with Gasteiger partial charge in [0.05, 0.1) is 19.8 Å². The van der Waals surface area contributed by atoms with E-state index in [0.29, 0.717) is 5.57 Å². The third kappa shape index (κ3) is 5.13. The summed E-state index contributed by atoms with van der Waals surface area (Å²) in [5, 5.41) is 0. The zero-order valence-corrected chi connectivity index (χ0v) is 20.1. The standard InChI is InChI=1S/C23H34O10/c1-9-12-22(19(25)27-10-2,20(26)28-11-3)29-13-16-23(14(4)5,31-15(6)24)17-18(30-16)33-21(7,8)32-17/h9,16-18H,1,4,10-13H2,2-3,5-8H3/t16-,17+,18-,23-/m1/s1. The molecule has 33 heavy (non-hydrogen) atoms. The van der Waals surface area contributed by atoms with E-state index < -0.39 is 53.4 Å². The second-order valence-electron chi connectivity index (χ2n) is 8.29. The van der Waals surface area contributed by atoms with Crippen molar-refractivity contribution in [2.75, 3.05) is 19.8 Å². The molecule has 0 unspecified atom stereocenters. The van der Waals surface area contributed by atoms with Crippen LogP contribution in [0.4, 0.5) is 0 Å². The summed E-state index contributed by atoms with van der Waals surface area (Å²) < 4.78 is 39.6. The summed E-state index contributed by atoms with van der Waals surface area (Å²) >= 11 is 0. The summed E-state index contributed by atoms with van der Waals surface area (Å²) in [6.07, 6.45) is -1.62. The Hall–Kier alpha value is -2.27. The van der Waals surface area contributed by atoms with E-state index in [0.717, 1.165) is 0 Å². The van der Waals surface area contributed by atoms with E-state index in [-0.39, 0.29) is 26.2 Å². The van der Waals surface area contributed by atoms with E-state index in [9.17, 15) is 14.4 Å². The Morgan fingerprint density at radius 1 is 1.06 bits per heavy atom. The molecule has 0 aromatic rings. The van der Waals surface area contributed by atoms with Crippen molar-refractivity contribution < 1.29 is 47.5 Å². The topological polar surface area (TPSA) is 116 Å². The highest BCUT2D eigenvalue weighted by Gasteiger charge is 2.67. The maximum atomic E-state index is 12.8. The number of hydrogen-bond acceptors (Lipinski definition) is 10. The molecular weight excluding hydrogens is 436 g/mol. The quantitative estimate of drug-likeness (QED) is 0.193. The van der Waals surface area contributed by atoms with Crippen molar-refractivity contribution in [1.82, 2.24) is 0 Å². The highest BCUT2D eigenvalue weighted by Crippen LogP contribution is 2.48. The molecule has 0 aromatic carbocycles. The number of rotatable bonds is 11. The van der Waals surface area contributed by atoms with Crippen LogP contribution in [0.25, 0.3) is 0 Å². The van der Waals surface area contributed by atoms with Gasteiger partial charge in [-0.15, -0.1) is 6.58 Å². The van der Waals surface area contributed by atoms with E-state index in [1.54, 1.807) is 34.6 Å². The Labute approximate surface area is 194 Å². The van der Waals surface area contributed by atoms with Gasteiger partial charge in [0, 0.05) is 13.3 Å². The Kier molecular flexibility index (Phi) is 8.45. The molecule has 0 radical (unpaired) electrons. The molecule has 0 N–H and O–H groups in total. The molecule has 4 atom stereocenters. The molecule has 0 aliphatic carbocycles. The lowest BCUT2D eigenvalue weighted by molar-refractivity contribution is -0.241. The van der Waals surface area contributed by atoms with Crippen molar-refractivity contribution in [3.63, 3.8) is 0 Å². The van der Waals surface area contributed by atoms with Crippen LogP contribution in [0.5, 0.6) is 0 Å². The average molecular weight is 471 g/mol. The molecule has 0 aromatic heterocycles. The molecule has 2 aliphatic rings. The molecule has 2 fully saturated rings. The molecule has 186 valence electrons. The molecule has 0 bridgehead atoms. The minimum Gasteiger partial charge on any atom is -0.463 e. The Morgan fingerprint density at radius 3 is 2.09 bits per heavy atom. The van der Waals surface area contributed by atoms with Gasteiger partial charge in [0.2, 0.25) is 0 Å². The molecule has 0 saturated carbocycles. The first-order valence-corrected chi connectivity index (χ1v) is 10.9. The van der Waals surface area contributed by atoms with Crippen molar-refractivity contribution in [2.24, 2.45) is 0 Å². The average Bonchev–Trinajstić information content (AvgIpc) is 3.15. The van der Waals surface area contributed by atoms with Crippen molar-refractivity contribution in [3.05, 3.63) is 24.8 Å². The third-order valence-electron chi connectivity index (χ3n) is 5.36. The number of ether oxygens (including phenoxy) is 7. The summed E-state index contributed by atoms with van der Waals surface area (Å²) in [7, 11) is 0. The Bertz CT molecular complexity index is 770. The van der Waals surface area contributed by atoms with Crippen molar-refractivity contribution in [2.45, 2.75) is 83.5 Å². The van der Waals surface area contributed by atoms with Crippen molar-refractivity contribution >= 4 is 17.9 Å². The monoisotopic (exact) mass is 470 g/mol. The molecule has 2 saturated heterocycles. The highest BCUT2D eigenvalue weighted by molar-refractivity contribution is 6.04. The normalized spacial score (nSPS) is 28.0. The number of carbonyl (C=O) groups is 3. The van der Waals surface area contributed by atoms with Crippen LogP contribution in [0, 0.1) is 0 Å². The lowest BCUT2D eigenvalue weighted by Crippen LogP contribution is -2.57. The third-order valence-corrected chi connectivity index (χ3v) is 5.36. The highest BCUT2D eigenvalue weighted by atomic mass is 16.8. The van der Waals surface area contributed by atoms with Gasteiger partial charge in [-0.05, 0) is 40.2 Å². The van der Waals surface area contributed by atoms with Gasteiger partial charge >= 0.3 is 17.9 Å². The fourth-order valence-electron chi connectivity index (χ4n) is 4.04. The number of carbonyl (C=O) groups excluding carboxylic acids is 3. The zero-order valence-electron chi connectivity index (χ0n) is 20.1. The van der Waals surface area contributed by atoms with Crippen LogP contribution in [0.1, 0.15) is 48.0 Å². The molecule has 2 rings (SSSR count). The summed E-state index contributed by atoms with van der Waals surface area (Å²) in [6, 6.07) is 0. The molecule has 0 amide bonds. The number of hydrogen-bond donors (Lipinski definition) is 0. The summed E-state index contributed by atoms with van der Waals surface area (Å²) in [5.74, 6) is -3.45. The predicted molar refractivity (Wildman–Crippen MR) is 115 cm³/mol. The predicted octanol–water partition coefficient (Wildman–Crippen LogP) is 2.20. The summed E-state index contributed by atoms with van der Waals surface area (Å²) in [5.41, 5.74) is -3.19. The molecule has 10 heteroatoms. The molecule has 0 spiro atoms. The van der Waals surface area contributed by atoms with Gasteiger partial charge in [-0.25, -0.2) is 9.59 Å². The van der Waals surface area contributed by atoms with Crippen molar-refractivity contribution in [1.29, 1.82) is 0 Å².